The molecule has 0 bridgehead atoms. The van der Waals surface area contributed by atoms with Crippen LogP contribution in [0.15, 0.2) is 18.2 Å². The van der Waals surface area contributed by atoms with Gasteiger partial charge < -0.3 is 15.1 Å². The van der Waals surface area contributed by atoms with Crippen molar-refractivity contribution in [3.8, 4) is 5.75 Å². The van der Waals surface area contributed by atoms with Gasteiger partial charge in [0.25, 0.3) is 5.91 Å². The lowest BCUT2D eigenvalue weighted by molar-refractivity contribution is -0.150. The lowest BCUT2D eigenvalue weighted by Crippen LogP contribution is -2.57. The van der Waals surface area contributed by atoms with E-state index >= 15 is 0 Å². The molecule has 1 unspecified atom stereocenters. The standard InChI is InChI=1S/C15H19NO4/c1-10-5-6-11(12(17)9-10)13(18)16-8-4-3-7-15(16,2)14(19)20/h5-6,9,17H,3-4,7-8H2,1-2H3,(H,19,20). The van der Waals surface area contributed by atoms with Gasteiger partial charge in [0.05, 0.1) is 5.56 Å². The Balaban J connectivity index is 2.37. The number of hydrogen-bond acceptors (Lipinski definition) is 3. The zero-order chi connectivity index (χ0) is 14.9. The average Bonchev–Trinajstić information content (AvgIpc) is 2.38. The van der Waals surface area contributed by atoms with Crippen molar-refractivity contribution >= 4 is 11.9 Å². The molecule has 0 aromatic heterocycles. The molecule has 2 N–H and O–H groups in total. The summed E-state index contributed by atoms with van der Waals surface area (Å²) in [5.41, 5.74) is -0.198. The van der Waals surface area contributed by atoms with Crippen LogP contribution in [-0.2, 0) is 4.79 Å². The van der Waals surface area contributed by atoms with Gasteiger partial charge in [-0.1, -0.05) is 6.07 Å². The third-order valence-corrected chi connectivity index (χ3v) is 3.98. The maximum absolute atomic E-state index is 12.6. The van der Waals surface area contributed by atoms with Crippen LogP contribution in [0.25, 0.3) is 0 Å². The van der Waals surface area contributed by atoms with Gasteiger partial charge in [0.2, 0.25) is 0 Å². The zero-order valence-electron chi connectivity index (χ0n) is 11.7. The summed E-state index contributed by atoms with van der Waals surface area (Å²) < 4.78 is 0. The fourth-order valence-electron chi connectivity index (χ4n) is 2.64. The van der Waals surface area contributed by atoms with Crippen LogP contribution in [0.1, 0.15) is 42.1 Å². The third-order valence-electron chi connectivity index (χ3n) is 3.98. The number of aliphatic carboxylic acids is 1. The van der Waals surface area contributed by atoms with Crippen molar-refractivity contribution in [2.24, 2.45) is 0 Å². The van der Waals surface area contributed by atoms with Crippen LogP contribution in [0.4, 0.5) is 0 Å². The number of hydrogen-bond donors (Lipinski definition) is 2. The van der Waals surface area contributed by atoms with Gasteiger partial charge in [0.1, 0.15) is 11.3 Å². The lowest BCUT2D eigenvalue weighted by Gasteiger charge is -2.41. The Morgan fingerprint density at radius 2 is 2.00 bits per heavy atom. The summed E-state index contributed by atoms with van der Waals surface area (Å²) in [6.45, 7) is 3.78. The topological polar surface area (TPSA) is 77.8 Å². The Bertz CT molecular complexity index is 555. The van der Waals surface area contributed by atoms with Crippen molar-refractivity contribution in [2.45, 2.75) is 38.6 Å². The number of carbonyl (C=O) groups excluding carboxylic acids is 1. The lowest BCUT2D eigenvalue weighted by atomic mass is 9.87. The Morgan fingerprint density at radius 3 is 2.60 bits per heavy atom. The van der Waals surface area contributed by atoms with Gasteiger partial charge in [-0.15, -0.1) is 0 Å². The number of benzene rings is 1. The van der Waals surface area contributed by atoms with Crippen molar-refractivity contribution in [1.29, 1.82) is 0 Å². The summed E-state index contributed by atoms with van der Waals surface area (Å²) in [6, 6.07) is 4.79. The minimum Gasteiger partial charge on any atom is -0.507 e. The van der Waals surface area contributed by atoms with Crippen molar-refractivity contribution in [3.05, 3.63) is 29.3 Å². The SMILES string of the molecule is Cc1ccc(C(=O)N2CCCCC2(C)C(=O)O)c(O)c1. The number of likely N-dealkylation sites (tertiary alicyclic amines) is 1. The molecule has 1 amide bonds. The normalized spacial score (nSPS) is 22.6. The molecule has 1 aromatic rings. The molecule has 0 aliphatic carbocycles. The van der Waals surface area contributed by atoms with Crippen LogP contribution in [0.3, 0.4) is 0 Å². The smallest absolute Gasteiger partial charge is 0.329 e. The summed E-state index contributed by atoms with van der Waals surface area (Å²) in [5, 5.41) is 19.3. The molecule has 108 valence electrons. The van der Waals surface area contributed by atoms with Crippen molar-refractivity contribution in [3.63, 3.8) is 0 Å². The molecule has 1 fully saturated rings. The van der Waals surface area contributed by atoms with E-state index in [0.29, 0.717) is 13.0 Å². The molecule has 1 aliphatic heterocycles. The number of aromatic hydroxyl groups is 1. The van der Waals surface area contributed by atoms with Crippen LogP contribution in [0.2, 0.25) is 0 Å². The second-order valence-corrected chi connectivity index (χ2v) is 5.51. The summed E-state index contributed by atoms with van der Waals surface area (Å²) in [5.74, 6) is -1.53. The number of rotatable bonds is 2. The highest BCUT2D eigenvalue weighted by molar-refractivity contribution is 6.00. The van der Waals surface area contributed by atoms with Gasteiger partial charge in [0.15, 0.2) is 0 Å². The van der Waals surface area contributed by atoms with Gasteiger partial charge in [-0.25, -0.2) is 4.79 Å². The number of phenols is 1. The molecular formula is C15H19NO4. The fraction of sp³-hybridized carbons (Fsp3) is 0.467. The van der Waals surface area contributed by atoms with Gasteiger partial charge in [-0.05, 0) is 50.8 Å². The number of aryl methyl sites for hydroxylation is 1. The first-order chi connectivity index (χ1) is 9.36. The molecule has 0 saturated carbocycles. The highest BCUT2D eigenvalue weighted by Gasteiger charge is 2.44. The third kappa shape index (κ3) is 2.35. The summed E-state index contributed by atoms with van der Waals surface area (Å²) in [4.78, 5) is 25.4. The second-order valence-electron chi connectivity index (χ2n) is 5.51. The first kappa shape index (κ1) is 14.4. The predicted molar refractivity (Wildman–Crippen MR) is 73.8 cm³/mol. The van der Waals surface area contributed by atoms with Crippen LogP contribution < -0.4 is 0 Å². The first-order valence-electron chi connectivity index (χ1n) is 6.71. The zero-order valence-corrected chi connectivity index (χ0v) is 11.7. The van der Waals surface area contributed by atoms with E-state index in [1.54, 1.807) is 19.1 Å². The second kappa shape index (κ2) is 5.15. The molecule has 1 saturated heterocycles. The number of nitrogens with zero attached hydrogens (tertiary/aromatic N) is 1. The van der Waals surface area contributed by atoms with Crippen molar-refractivity contribution in [1.82, 2.24) is 4.90 Å². The highest BCUT2D eigenvalue weighted by atomic mass is 16.4. The summed E-state index contributed by atoms with van der Waals surface area (Å²) in [6.07, 6.45) is 1.99. The van der Waals surface area contributed by atoms with E-state index in [1.165, 1.54) is 11.0 Å². The largest absolute Gasteiger partial charge is 0.507 e. The van der Waals surface area contributed by atoms with E-state index in [0.717, 1.165) is 18.4 Å². The molecule has 20 heavy (non-hydrogen) atoms. The monoisotopic (exact) mass is 277 g/mol. The van der Waals surface area contributed by atoms with Crippen molar-refractivity contribution in [2.75, 3.05) is 6.54 Å². The molecule has 1 aliphatic rings. The number of phenolic OH excluding ortho intramolecular Hbond substituents is 1. The van der Waals surface area contributed by atoms with E-state index in [-0.39, 0.29) is 11.3 Å². The molecule has 2 rings (SSSR count). The van der Waals surface area contributed by atoms with Crippen LogP contribution in [0.5, 0.6) is 5.75 Å². The molecule has 1 atom stereocenters. The molecule has 1 heterocycles. The van der Waals surface area contributed by atoms with Gasteiger partial charge >= 0.3 is 5.97 Å². The number of carboxylic acids is 1. The Labute approximate surface area is 117 Å². The maximum atomic E-state index is 12.6. The Hall–Kier alpha value is -2.04. The first-order valence-corrected chi connectivity index (χ1v) is 6.71. The van der Waals surface area contributed by atoms with Gasteiger partial charge in [0, 0.05) is 6.54 Å². The van der Waals surface area contributed by atoms with Crippen LogP contribution >= 0.6 is 0 Å². The van der Waals surface area contributed by atoms with Gasteiger partial charge in [-0.2, -0.15) is 0 Å². The van der Waals surface area contributed by atoms with Crippen LogP contribution in [0, 0.1) is 6.92 Å². The van der Waals surface area contributed by atoms with Crippen LogP contribution in [-0.4, -0.2) is 39.1 Å². The van der Waals surface area contributed by atoms with E-state index in [1.807, 2.05) is 6.92 Å². The Morgan fingerprint density at radius 1 is 1.30 bits per heavy atom. The molecule has 0 radical (unpaired) electrons. The minimum absolute atomic E-state index is 0.103. The van der Waals surface area contributed by atoms with Crippen molar-refractivity contribution < 1.29 is 19.8 Å². The van der Waals surface area contributed by atoms with E-state index in [9.17, 15) is 19.8 Å². The molecular weight excluding hydrogens is 258 g/mol. The van der Waals surface area contributed by atoms with E-state index in [2.05, 4.69) is 0 Å². The predicted octanol–water partition coefficient (Wildman–Crippen LogP) is 2.17. The quantitative estimate of drug-likeness (QED) is 0.868. The average molecular weight is 277 g/mol. The molecule has 5 nitrogen and oxygen atoms in total. The molecule has 5 heteroatoms. The minimum atomic E-state index is -1.20. The number of amides is 1. The van der Waals surface area contributed by atoms with Gasteiger partial charge in [-0.3, -0.25) is 4.79 Å². The maximum Gasteiger partial charge on any atom is 0.329 e. The molecule has 0 spiro atoms. The summed E-state index contributed by atoms with van der Waals surface area (Å²) >= 11 is 0. The number of piperidine rings is 1. The highest BCUT2D eigenvalue weighted by Crippen LogP contribution is 2.31. The number of carboxylic acid groups (broad SMARTS) is 1. The van der Waals surface area contributed by atoms with E-state index in [4.69, 9.17) is 0 Å². The molecule has 1 aromatic carbocycles. The number of carbonyl (C=O) groups is 2. The summed E-state index contributed by atoms with van der Waals surface area (Å²) in [7, 11) is 0. The van der Waals surface area contributed by atoms with E-state index < -0.39 is 17.4 Å². The Kier molecular flexibility index (Phi) is 3.70. The fourth-order valence-corrected chi connectivity index (χ4v) is 2.64.